The van der Waals surface area contributed by atoms with Gasteiger partial charge in [0, 0.05) is 23.5 Å². The second-order valence-corrected chi connectivity index (χ2v) is 5.67. The number of aryl methyl sites for hydroxylation is 1. The second kappa shape index (κ2) is 7.82. The van der Waals surface area contributed by atoms with E-state index in [0.29, 0.717) is 16.9 Å². The average molecular weight is 333 g/mol. The molecule has 0 aliphatic heterocycles. The number of rotatable bonds is 5. The highest BCUT2D eigenvalue weighted by molar-refractivity contribution is 7.80. The molecule has 7 heteroatoms. The van der Waals surface area contributed by atoms with Crippen LogP contribution in [0.4, 0.5) is 21.8 Å². The van der Waals surface area contributed by atoms with Crippen molar-refractivity contribution in [3.63, 3.8) is 0 Å². The first-order valence-electron chi connectivity index (χ1n) is 7.42. The molecular formula is C16H20FN5S. The normalized spacial score (nSPS) is 11.7. The first kappa shape index (κ1) is 17.1. The van der Waals surface area contributed by atoms with Crippen molar-refractivity contribution in [3.05, 3.63) is 41.8 Å². The summed E-state index contributed by atoms with van der Waals surface area (Å²) < 4.78 is 12.9. The summed E-state index contributed by atoms with van der Waals surface area (Å²) in [4.78, 5) is 8.68. The molecule has 1 atom stereocenters. The van der Waals surface area contributed by atoms with Gasteiger partial charge < -0.3 is 16.0 Å². The lowest BCUT2D eigenvalue weighted by molar-refractivity contribution is 0.628. The number of nitrogens with zero attached hydrogens (tertiary/aromatic N) is 2. The smallest absolute Gasteiger partial charge is 0.231 e. The van der Waals surface area contributed by atoms with Gasteiger partial charge in [0.2, 0.25) is 5.95 Å². The Bertz CT molecular complexity index is 675. The molecule has 0 aliphatic carbocycles. The molecule has 1 aromatic heterocycles. The first-order chi connectivity index (χ1) is 11.0. The maximum atomic E-state index is 12.9. The minimum atomic E-state index is -0.279. The van der Waals surface area contributed by atoms with Gasteiger partial charge in [-0.05, 0) is 56.8 Å². The molecule has 5 nitrogen and oxygen atoms in total. The van der Waals surface area contributed by atoms with Gasteiger partial charge in [0.05, 0.1) is 0 Å². The highest BCUT2D eigenvalue weighted by atomic mass is 32.1. The molecule has 2 aromatic rings. The minimum absolute atomic E-state index is 0.275. The molecule has 1 aromatic carbocycles. The standard InChI is InChI=1S/C16H20FN5S/c1-4-10(2)19-16(23)22-15-18-11(3)9-14(21-15)20-13-7-5-12(17)6-8-13/h5-10H,4H2,1-3H3,(H3,18,19,20,21,22,23)/t10-/m1/s1. The third kappa shape index (κ3) is 5.45. The third-order valence-electron chi connectivity index (χ3n) is 3.19. The Hall–Kier alpha value is -2.28. The van der Waals surface area contributed by atoms with E-state index < -0.39 is 0 Å². The Morgan fingerprint density at radius 3 is 2.61 bits per heavy atom. The van der Waals surface area contributed by atoms with E-state index in [9.17, 15) is 4.39 Å². The molecule has 0 unspecified atom stereocenters. The topological polar surface area (TPSA) is 61.9 Å². The van der Waals surface area contributed by atoms with Gasteiger partial charge >= 0.3 is 0 Å². The van der Waals surface area contributed by atoms with Crippen molar-refractivity contribution in [2.75, 3.05) is 10.6 Å². The van der Waals surface area contributed by atoms with Gasteiger partial charge in [0.25, 0.3) is 0 Å². The van der Waals surface area contributed by atoms with Crippen LogP contribution in [0.15, 0.2) is 30.3 Å². The van der Waals surface area contributed by atoms with Crippen molar-refractivity contribution in [2.45, 2.75) is 33.2 Å². The predicted molar refractivity (Wildman–Crippen MR) is 95.6 cm³/mol. The molecule has 3 N–H and O–H groups in total. The highest BCUT2D eigenvalue weighted by Gasteiger charge is 2.07. The summed E-state index contributed by atoms with van der Waals surface area (Å²) in [6.45, 7) is 5.99. The Kier molecular flexibility index (Phi) is 5.81. The molecule has 1 heterocycles. The summed E-state index contributed by atoms with van der Waals surface area (Å²) >= 11 is 5.24. The predicted octanol–water partition coefficient (Wildman–Crippen LogP) is 3.75. The van der Waals surface area contributed by atoms with E-state index in [0.717, 1.165) is 17.8 Å². The van der Waals surface area contributed by atoms with Gasteiger partial charge in [-0.2, -0.15) is 4.98 Å². The molecule has 0 spiro atoms. The Morgan fingerprint density at radius 2 is 1.96 bits per heavy atom. The molecule has 0 radical (unpaired) electrons. The quantitative estimate of drug-likeness (QED) is 0.724. The fourth-order valence-electron chi connectivity index (χ4n) is 1.83. The zero-order valence-electron chi connectivity index (χ0n) is 13.4. The fraction of sp³-hybridized carbons (Fsp3) is 0.312. The monoisotopic (exact) mass is 333 g/mol. The number of benzene rings is 1. The van der Waals surface area contributed by atoms with Gasteiger partial charge in [-0.1, -0.05) is 6.92 Å². The van der Waals surface area contributed by atoms with Gasteiger partial charge in [-0.3, -0.25) is 0 Å². The van der Waals surface area contributed by atoms with Crippen LogP contribution in [-0.4, -0.2) is 21.1 Å². The van der Waals surface area contributed by atoms with Crippen molar-refractivity contribution in [3.8, 4) is 0 Å². The van der Waals surface area contributed by atoms with Gasteiger partial charge in [0.15, 0.2) is 5.11 Å². The summed E-state index contributed by atoms with van der Waals surface area (Å²) in [6, 6.07) is 8.15. The van der Waals surface area contributed by atoms with E-state index in [2.05, 4.69) is 32.8 Å². The summed E-state index contributed by atoms with van der Waals surface area (Å²) in [5.41, 5.74) is 1.54. The molecule has 0 saturated heterocycles. The van der Waals surface area contributed by atoms with Crippen LogP contribution in [-0.2, 0) is 0 Å². The summed E-state index contributed by atoms with van der Waals surface area (Å²) in [7, 11) is 0. The number of hydrogen-bond acceptors (Lipinski definition) is 4. The van der Waals surface area contributed by atoms with E-state index in [4.69, 9.17) is 12.2 Å². The largest absolute Gasteiger partial charge is 0.360 e. The van der Waals surface area contributed by atoms with Crippen LogP contribution in [0.2, 0.25) is 0 Å². The Balaban J connectivity index is 2.09. The molecule has 23 heavy (non-hydrogen) atoms. The van der Waals surface area contributed by atoms with Crippen molar-refractivity contribution in [2.24, 2.45) is 0 Å². The third-order valence-corrected chi connectivity index (χ3v) is 3.41. The second-order valence-electron chi connectivity index (χ2n) is 5.26. The number of halogens is 1. The Labute approximate surface area is 140 Å². The average Bonchev–Trinajstić information content (AvgIpc) is 2.48. The summed E-state index contributed by atoms with van der Waals surface area (Å²) in [5.74, 6) is 0.742. The van der Waals surface area contributed by atoms with E-state index >= 15 is 0 Å². The fourth-order valence-corrected chi connectivity index (χ4v) is 2.13. The maximum Gasteiger partial charge on any atom is 0.231 e. The van der Waals surface area contributed by atoms with Gasteiger partial charge in [-0.25, -0.2) is 9.37 Å². The summed E-state index contributed by atoms with van der Waals surface area (Å²) in [5, 5.41) is 9.73. The van der Waals surface area contributed by atoms with Crippen molar-refractivity contribution in [1.82, 2.24) is 15.3 Å². The zero-order valence-corrected chi connectivity index (χ0v) is 14.2. The maximum absolute atomic E-state index is 12.9. The van der Waals surface area contributed by atoms with Crippen LogP contribution in [0.25, 0.3) is 0 Å². The first-order valence-corrected chi connectivity index (χ1v) is 7.83. The molecule has 0 fully saturated rings. The number of thiocarbonyl (C=S) groups is 1. The van der Waals surface area contributed by atoms with E-state index in [1.165, 1.54) is 12.1 Å². The van der Waals surface area contributed by atoms with Crippen LogP contribution in [0, 0.1) is 12.7 Å². The van der Waals surface area contributed by atoms with E-state index in [1.807, 2.05) is 13.8 Å². The molecule has 0 saturated carbocycles. The molecule has 0 aliphatic rings. The SMILES string of the molecule is CC[C@@H](C)NC(=S)Nc1nc(C)cc(Nc2ccc(F)cc2)n1. The van der Waals surface area contributed by atoms with E-state index in [-0.39, 0.29) is 11.9 Å². The lowest BCUT2D eigenvalue weighted by Crippen LogP contribution is -2.35. The lowest BCUT2D eigenvalue weighted by atomic mass is 10.3. The summed E-state index contributed by atoms with van der Waals surface area (Å²) in [6.07, 6.45) is 0.966. The van der Waals surface area contributed by atoms with Crippen LogP contribution in [0.5, 0.6) is 0 Å². The number of anilines is 3. The van der Waals surface area contributed by atoms with Crippen molar-refractivity contribution < 1.29 is 4.39 Å². The molecule has 0 bridgehead atoms. The number of hydrogen-bond donors (Lipinski definition) is 3. The van der Waals surface area contributed by atoms with Gasteiger partial charge in [0.1, 0.15) is 11.6 Å². The lowest BCUT2D eigenvalue weighted by Gasteiger charge is -2.15. The van der Waals surface area contributed by atoms with Crippen LogP contribution in [0.3, 0.4) is 0 Å². The van der Waals surface area contributed by atoms with Gasteiger partial charge in [-0.15, -0.1) is 0 Å². The van der Waals surface area contributed by atoms with Crippen LogP contribution in [0.1, 0.15) is 26.0 Å². The molecular weight excluding hydrogens is 313 g/mol. The minimum Gasteiger partial charge on any atom is -0.360 e. The van der Waals surface area contributed by atoms with Crippen molar-refractivity contribution >= 4 is 34.8 Å². The zero-order chi connectivity index (χ0) is 16.8. The molecule has 122 valence electrons. The molecule has 2 rings (SSSR count). The Morgan fingerprint density at radius 1 is 1.26 bits per heavy atom. The van der Waals surface area contributed by atoms with Crippen LogP contribution < -0.4 is 16.0 Å². The number of aromatic nitrogens is 2. The van der Waals surface area contributed by atoms with Crippen LogP contribution >= 0.6 is 12.2 Å². The van der Waals surface area contributed by atoms with Crippen molar-refractivity contribution in [1.29, 1.82) is 0 Å². The van der Waals surface area contributed by atoms with E-state index in [1.54, 1.807) is 18.2 Å². The number of nitrogens with one attached hydrogen (secondary N) is 3. The molecule has 0 amide bonds. The highest BCUT2D eigenvalue weighted by Crippen LogP contribution is 2.17.